The Morgan fingerprint density at radius 1 is 1.09 bits per heavy atom. The Bertz CT molecular complexity index is 1010. The minimum atomic E-state index is -1.21. The van der Waals surface area contributed by atoms with Crippen LogP contribution in [0.3, 0.4) is 0 Å². The average Bonchev–Trinajstić information content (AvgIpc) is 3.35. The summed E-state index contributed by atoms with van der Waals surface area (Å²) in [5.74, 6) is -1.99. The van der Waals surface area contributed by atoms with Gasteiger partial charge >= 0.3 is 12.1 Å². The second kappa shape index (κ2) is 9.60. The molecule has 1 aliphatic heterocycles. The number of rotatable bonds is 7. The molecule has 2 unspecified atom stereocenters. The summed E-state index contributed by atoms with van der Waals surface area (Å²) in [4.78, 5) is 38.0. The molecule has 174 valence electrons. The van der Waals surface area contributed by atoms with Gasteiger partial charge < -0.3 is 29.9 Å². The van der Waals surface area contributed by atoms with Gasteiger partial charge in [-0.25, -0.2) is 9.59 Å². The summed E-state index contributed by atoms with van der Waals surface area (Å²) in [6, 6.07) is 13.6. The van der Waals surface area contributed by atoms with Crippen LogP contribution >= 0.6 is 0 Å². The van der Waals surface area contributed by atoms with Crippen LogP contribution in [0.25, 0.3) is 11.1 Å². The van der Waals surface area contributed by atoms with Crippen molar-refractivity contribution in [1.29, 1.82) is 0 Å². The summed E-state index contributed by atoms with van der Waals surface area (Å²) in [5, 5.41) is 21.7. The van der Waals surface area contributed by atoms with E-state index in [1.54, 1.807) is 0 Å². The molecule has 9 nitrogen and oxygen atoms in total. The number of nitrogens with one attached hydrogen (secondary N) is 1. The Labute approximate surface area is 190 Å². The zero-order chi connectivity index (χ0) is 23.5. The van der Waals surface area contributed by atoms with Crippen LogP contribution in [0.4, 0.5) is 4.79 Å². The molecule has 0 radical (unpaired) electrons. The van der Waals surface area contributed by atoms with Crippen molar-refractivity contribution in [3.8, 4) is 11.1 Å². The molecule has 3 N–H and O–H groups in total. The molecule has 1 aliphatic carbocycles. The lowest BCUT2D eigenvalue weighted by Crippen LogP contribution is -2.53. The van der Waals surface area contributed by atoms with Gasteiger partial charge in [-0.05, 0) is 22.3 Å². The molecule has 0 aromatic heterocycles. The number of aliphatic hydroxyl groups is 1. The maximum atomic E-state index is 12.9. The quantitative estimate of drug-likeness (QED) is 0.580. The molecule has 33 heavy (non-hydrogen) atoms. The first-order valence-electron chi connectivity index (χ1n) is 10.7. The van der Waals surface area contributed by atoms with E-state index in [4.69, 9.17) is 9.47 Å². The molecule has 2 amide bonds. The minimum absolute atomic E-state index is 0.0638. The highest BCUT2D eigenvalue weighted by atomic mass is 16.5. The van der Waals surface area contributed by atoms with E-state index in [2.05, 4.69) is 5.32 Å². The first kappa shape index (κ1) is 22.8. The molecule has 2 aliphatic rings. The number of hydrogen-bond donors (Lipinski definition) is 3. The highest BCUT2D eigenvalue weighted by Gasteiger charge is 2.41. The number of ether oxygens (including phenoxy) is 2. The summed E-state index contributed by atoms with van der Waals surface area (Å²) in [6.07, 6.45) is -1.81. The van der Waals surface area contributed by atoms with Crippen LogP contribution in [-0.4, -0.2) is 78.1 Å². The predicted octanol–water partition coefficient (Wildman–Crippen LogP) is 1.59. The fourth-order valence-corrected chi connectivity index (χ4v) is 4.62. The number of methoxy groups -OCH3 is 1. The fourth-order valence-electron chi connectivity index (χ4n) is 4.62. The standard InChI is InChI=1S/C24H26N2O7/c1-32-13-20(22(28)26-11-14(27)10-21(26)23(29)30)25-24(31)33-12-19-17-8-4-2-6-15(17)16-7-3-5-9-18(16)19/h2-9,14,19-21,27H,10-13H2,1H3,(H,25,31)(H,29,30)/t14?,20-,21?/m0/s1. The van der Waals surface area contributed by atoms with Crippen molar-refractivity contribution >= 4 is 18.0 Å². The Kier molecular flexibility index (Phi) is 6.62. The third-order valence-corrected chi connectivity index (χ3v) is 6.11. The van der Waals surface area contributed by atoms with Crippen molar-refractivity contribution in [3.63, 3.8) is 0 Å². The number of aliphatic carboxylic acids is 1. The van der Waals surface area contributed by atoms with E-state index in [9.17, 15) is 24.6 Å². The van der Waals surface area contributed by atoms with Gasteiger partial charge in [0.25, 0.3) is 0 Å². The lowest BCUT2D eigenvalue weighted by Gasteiger charge is -2.26. The molecule has 0 saturated carbocycles. The molecule has 0 bridgehead atoms. The van der Waals surface area contributed by atoms with E-state index in [-0.39, 0.29) is 32.1 Å². The highest BCUT2D eigenvalue weighted by molar-refractivity contribution is 5.90. The summed E-state index contributed by atoms with van der Waals surface area (Å²) in [7, 11) is 1.37. The molecule has 1 fully saturated rings. The number of carboxylic acids is 1. The number of hydrogen-bond acceptors (Lipinski definition) is 6. The van der Waals surface area contributed by atoms with Crippen molar-refractivity contribution in [2.75, 3.05) is 26.9 Å². The molecular formula is C24H26N2O7. The maximum absolute atomic E-state index is 12.9. The zero-order valence-electron chi connectivity index (χ0n) is 18.1. The van der Waals surface area contributed by atoms with Gasteiger partial charge in [-0.15, -0.1) is 0 Å². The summed E-state index contributed by atoms with van der Waals surface area (Å²) < 4.78 is 10.5. The molecule has 9 heteroatoms. The lowest BCUT2D eigenvalue weighted by atomic mass is 9.98. The summed E-state index contributed by atoms with van der Waals surface area (Å²) in [5.41, 5.74) is 4.32. The number of aliphatic hydroxyl groups excluding tert-OH is 1. The predicted molar refractivity (Wildman–Crippen MR) is 118 cm³/mol. The lowest BCUT2D eigenvalue weighted by molar-refractivity contribution is -0.149. The largest absolute Gasteiger partial charge is 0.480 e. The second-order valence-corrected chi connectivity index (χ2v) is 8.21. The van der Waals surface area contributed by atoms with Gasteiger partial charge in [0.2, 0.25) is 5.91 Å². The maximum Gasteiger partial charge on any atom is 0.407 e. The SMILES string of the molecule is COC[C@H](NC(=O)OCC1c2ccccc2-c2ccccc21)C(=O)N1CC(O)CC1C(=O)O. The van der Waals surface area contributed by atoms with Crippen molar-refractivity contribution in [2.45, 2.75) is 30.5 Å². The van der Waals surface area contributed by atoms with Crippen molar-refractivity contribution in [2.24, 2.45) is 0 Å². The van der Waals surface area contributed by atoms with Crippen LogP contribution in [0.15, 0.2) is 48.5 Å². The van der Waals surface area contributed by atoms with E-state index < -0.39 is 36.2 Å². The van der Waals surface area contributed by atoms with E-state index in [1.165, 1.54) is 7.11 Å². The Morgan fingerprint density at radius 2 is 1.70 bits per heavy atom. The number of nitrogens with zero attached hydrogens (tertiary/aromatic N) is 1. The van der Waals surface area contributed by atoms with Crippen LogP contribution in [-0.2, 0) is 19.1 Å². The van der Waals surface area contributed by atoms with Crippen LogP contribution in [0.5, 0.6) is 0 Å². The Hall–Kier alpha value is -3.43. The number of amides is 2. The monoisotopic (exact) mass is 454 g/mol. The van der Waals surface area contributed by atoms with E-state index in [0.29, 0.717) is 0 Å². The number of fused-ring (bicyclic) bond motifs is 3. The number of β-amino-alcohol motifs (C(OH)–C–C–N with tert-alkyl or cyclic N) is 1. The zero-order valence-corrected chi connectivity index (χ0v) is 18.1. The van der Waals surface area contributed by atoms with Crippen LogP contribution in [0.1, 0.15) is 23.5 Å². The van der Waals surface area contributed by atoms with E-state index in [1.807, 2.05) is 48.5 Å². The van der Waals surface area contributed by atoms with Gasteiger partial charge in [0.15, 0.2) is 0 Å². The van der Waals surface area contributed by atoms with Gasteiger partial charge in [0.05, 0.1) is 12.7 Å². The molecule has 0 spiro atoms. The number of carboxylic acid groups (broad SMARTS) is 1. The molecule has 2 aromatic carbocycles. The normalized spacial score (nSPS) is 20.1. The molecular weight excluding hydrogens is 428 g/mol. The molecule has 3 atom stereocenters. The van der Waals surface area contributed by atoms with Crippen molar-refractivity contribution in [3.05, 3.63) is 59.7 Å². The van der Waals surface area contributed by atoms with Crippen LogP contribution in [0.2, 0.25) is 0 Å². The number of carbonyl (C=O) groups excluding carboxylic acids is 2. The third kappa shape index (κ3) is 4.55. The van der Waals surface area contributed by atoms with Gasteiger partial charge in [-0.3, -0.25) is 4.79 Å². The Balaban J connectivity index is 1.43. The van der Waals surface area contributed by atoms with Crippen molar-refractivity contribution in [1.82, 2.24) is 10.2 Å². The third-order valence-electron chi connectivity index (χ3n) is 6.11. The number of likely N-dealkylation sites (tertiary alicyclic amines) is 1. The van der Waals surface area contributed by atoms with E-state index >= 15 is 0 Å². The highest BCUT2D eigenvalue weighted by Crippen LogP contribution is 2.44. The number of alkyl carbamates (subject to hydrolysis) is 1. The first-order valence-corrected chi connectivity index (χ1v) is 10.7. The topological polar surface area (TPSA) is 125 Å². The first-order chi connectivity index (χ1) is 15.9. The van der Waals surface area contributed by atoms with Gasteiger partial charge in [0.1, 0.15) is 18.7 Å². The average molecular weight is 454 g/mol. The Morgan fingerprint density at radius 3 is 2.27 bits per heavy atom. The summed E-state index contributed by atoms with van der Waals surface area (Å²) in [6.45, 7) is -0.210. The van der Waals surface area contributed by atoms with Gasteiger partial charge in [-0.1, -0.05) is 48.5 Å². The molecule has 1 saturated heterocycles. The number of benzene rings is 2. The summed E-state index contributed by atoms with van der Waals surface area (Å²) >= 11 is 0. The van der Waals surface area contributed by atoms with Crippen molar-refractivity contribution < 1.29 is 34.1 Å². The van der Waals surface area contributed by atoms with Crippen LogP contribution < -0.4 is 5.32 Å². The number of carbonyl (C=O) groups is 3. The molecule has 4 rings (SSSR count). The molecule has 1 heterocycles. The minimum Gasteiger partial charge on any atom is -0.480 e. The fraction of sp³-hybridized carbons (Fsp3) is 0.375. The second-order valence-electron chi connectivity index (χ2n) is 8.21. The van der Waals surface area contributed by atoms with Gasteiger partial charge in [-0.2, -0.15) is 0 Å². The van der Waals surface area contributed by atoms with Crippen LogP contribution in [0, 0.1) is 0 Å². The van der Waals surface area contributed by atoms with Gasteiger partial charge in [0, 0.05) is 26.0 Å². The smallest absolute Gasteiger partial charge is 0.407 e. The molecule has 2 aromatic rings. The van der Waals surface area contributed by atoms with E-state index in [0.717, 1.165) is 27.2 Å².